The quantitative estimate of drug-likeness (QED) is 0.183. The second-order valence-corrected chi connectivity index (χ2v) is 17.0. The van der Waals surface area contributed by atoms with E-state index in [1.807, 2.05) is 12.1 Å². The number of hydrogen-bond acceptors (Lipinski definition) is 8. The Morgan fingerprint density at radius 2 is 1.57 bits per heavy atom. The molecule has 0 spiro atoms. The molecule has 0 saturated carbocycles. The second-order valence-electron chi connectivity index (χ2n) is 14.1. The third-order valence-electron chi connectivity index (χ3n) is 7.10. The zero-order chi connectivity index (χ0) is 34.3. The molecule has 0 aliphatic carbocycles. The highest BCUT2D eigenvalue weighted by atomic mass is 32.2. The molecule has 1 unspecified atom stereocenters. The normalized spacial score (nSPS) is 13.2. The van der Waals surface area contributed by atoms with E-state index in [1.54, 1.807) is 77.3 Å². The van der Waals surface area contributed by atoms with Gasteiger partial charge in [-0.2, -0.15) is 0 Å². The number of aromatic nitrogens is 1. The van der Waals surface area contributed by atoms with Gasteiger partial charge in [-0.1, -0.05) is 70.0 Å². The largest absolute Gasteiger partial charge is 0.459 e. The SMILES string of the molecule is CCCCC(C)(C)c1ccc(CC(NS(=O)(=O)c2cccs2)c2cccc(N(CC(=O)OC(C)(C)C)C(=O)OC(C)(C)C)n2)cc1. The van der Waals surface area contributed by atoms with Gasteiger partial charge in [0.1, 0.15) is 27.8 Å². The van der Waals surface area contributed by atoms with Crippen molar-refractivity contribution in [2.45, 2.75) is 115 Å². The lowest BCUT2D eigenvalue weighted by atomic mass is 9.80. The number of hydrogen-bond donors (Lipinski definition) is 1. The summed E-state index contributed by atoms with van der Waals surface area (Å²) in [5, 5.41) is 1.71. The highest BCUT2D eigenvalue weighted by Gasteiger charge is 2.30. The molecule has 0 aliphatic heterocycles. The zero-order valence-electron chi connectivity index (χ0n) is 28.5. The first-order chi connectivity index (χ1) is 21.3. The predicted octanol–water partition coefficient (Wildman–Crippen LogP) is 7.96. The van der Waals surface area contributed by atoms with Gasteiger partial charge in [-0.25, -0.2) is 22.9 Å². The number of benzene rings is 1. The Kier molecular flexibility index (Phi) is 12.2. The smallest absolute Gasteiger partial charge is 0.416 e. The molecule has 0 fully saturated rings. The van der Waals surface area contributed by atoms with Crippen LogP contribution in [0.25, 0.3) is 0 Å². The number of pyridine rings is 1. The maximum absolute atomic E-state index is 13.4. The highest BCUT2D eigenvalue weighted by Crippen LogP contribution is 2.31. The molecule has 3 rings (SSSR count). The van der Waals surface area contributed by atoms with Gasteiger partial charge in [0.2, 0.25) is 0 Å². The number of carbonyl (C=O) groups is 2. The van der Waals surface area contributed by atoms with Crippen molar-refractivity contribution in [2.24, 2.45) is 0 Å². The monoisotopic (exact) mass is 671 g/mol. The van der Waals surface area contributed by atoms with E-state index >= 15 is 0 Å². The van der Waals surface area contributed by atoms with Crippen molar-refractivity contribution in [1.29, 1.82) is 0 Å². The van der Waals surface area contributed by atoms with Crippen LogP contribution in [-0.4, -0.2) is 43.2 Å². The summed E-state index contributed by atoms with van der Waals surface area (Å²) in [5.74, 6) is -0.506. The molecule has 2 aromatic heterocycles. The van der Waals surface area contributed by atoms with E-state index in [9.17, 15) is 18.0 Å². The summed E-state index contributed by atoms with van der Waals surface area (Å²) in [6.45, 7) is 16.6. The molecular formula is C35H49N3O6S2. The zero-order valence-corrected chi connectivity index (χ0v) is 30.2. The number of nitrogens with one attached hydrogen (secondary N) is 1. The van der Waals surface area contributed by atoms with Gasteiger partial charge in [0, 0.05) is 0 Å². The van der Waals surface area contributed by atoms with E-state index in [1.165, 1.54) is 5.56 Å². The Morgan fingerprint density at radius 3 is 2.13 bits per heavy atom. The minimum Gasteiger partial charge on any atom is -0.459 e. The van der Waals surface area contributed by atoms with Crippen molar-refractivity contribution in [3.8, 4) is 0 Å². The lowest BCUT2D eigenvalue weighted by Gasteiger charge is -2.28. The molecule has 252 valence electrons. The summed E-state index contributed by atoms with van der Waals surface area (Å²) in [7, 11) is -3.89. The van der Waals surface area contributed by atoms with Gasteiger partial charge in [0.15, 0.2) is 0 Å². The van der Waals surface area contributed by atoms with Crippen molar-refractivity contribution in [1.82, 2.24) is 9.71 Å². The predicted molar refractivity (Wildman–Crippen MR) is 184 cm³/mol. The number of nitrogens with zero attached hydrogens (tertiary/aromatic N) is 2. The topological polar surface area (TPSA) is 115 Å². The van der Waals surface area contributed by atoms with Crippen molar-refractivity contribution in [3.63, 3.8) is 0 Å². The van der Waals surface area contributed by atoms with Crippen LogP contribution in [0.1, 0.15) is 104 Å². The number of thiophene rings is 1. The summed E-state index contributed by atoms with van der Waals surface area (Å²) in [6.07, 6.45) is 2.86. The van der Waals surface area contributed by atoms with Gasteiger partial charge in [-0.3, -0.25) is 9.69 Å². The van der Waals surface area contributed by atoms with Gasteiger partial charge in [0.05, 0.1) is 11.7 Å². The number of rotatable bonds is 13. The fraction of sp³-hybridized carbons (Fsp3) is 0.514. The minimum absolute atomic E-state index is 0.0177. The second kappa shape index (κ2) is 15.1. The van der Waals surface area contributed by atoms with Crippen LogP contribution >= 0.6 is 11.3 Å². The van der Waals surface area contributed by atoms with Crippen LogP contribution in [-0.2, 0) is 36.1 Å². The van der Waals surface area contributed by atoms with Gasteiger partial charge < -0.3 is 9.47 Å². The van der Waals surface area contributed by atoms with Crippen LogP contribution in [0.4, 0.5) is 10.6 Å². The highest BCUT2D eigenvalue weighted by molar-refractivity contribution is 7.91. The number of ether oxygens (including phenoxy) is 2. The van der Waals surface area contributed by atoms with Crippen LogP contribution in [0.5, 0.6) is 0 Å². The number of carbonyl (C=O) groups excluding carboxylic acids is 2. The number of anilines is 1. The molecule has 0 radical (unpaired) electrons. The molecule has 1 atom stereocenters. The summed E-state index contributed by atoms with van der Waals surface area (Å²) < 4.78 is 41.0. The summed E-state index contributed by atoms with van der Waals surface area (Å²) in [4.78, 5) is 32.0. The van der Waals surface area contributed by atoms with Crippen LogP contribution in [0.2, 0.25) is 0 Å². The van der Waals surface area contributed by atoms with Gasteiger partial charge in [0.25, 0.3) is 10.0 Å². The Hall–Kier alpha value is -3.28. The third kappa shape index (κ3) is 11.2. The molecule has 0 saturated heterocycles. The maximum Gasteiger partial charge on any atom is 0.416 e. The molecular weight excluding hydrogens is 623 g/mol. The summed E-state index contributed by atoms with van der Waals surface area (Å²) in [5.41, 5.74) is 0.927. The van der Waals surface area contributed by atoms with E-state index in [4.69, 9.17) is 14.5 Å². The molecule has 1 amide bonds. The number of sulfonamides is 1. The molecule has 0 bridgehead atoms. The van der Waals surface area contributed by atoms with Crippen LogP contribution in [0.3, 0.4) is 0 Å². The number of esters is 1. The van der Waals surface area contributed by atoms with Gasteiger partial charge >= 0.3 is 12.1 Å². The molecule has 46 heavy (non-hydrogen) atoms. The van der Waals surface area contributed by atoms with Crippen molar-refractivity contribution < 1.29 is 27.5 Å². The molecule has 2 heterocycles. The molecule has 3 aromatic rings. The number of unbranched alkanes of at least 4 members (excludes halogenated alkanes) is 1. The average Bonchev–Trinajstić information content (AvgIpc) is 3.49. The first-order valence-electron chi connectivity index (χ1n) is 15.6. The molecule has 9 nitrogen and oxygen atoms in total. The van der Waals surface area contributed by atoms with E-state index in [2.05, 4.69) is 37.6 Å². The van der Waals surface area contributed by atoms with Crippen molar-refractivity contribution in [2.75, 3.05) is 11.4 Å². The fourth-order valence-corrected chi connectivity index (χ4v) is 7.02. The summed E-state index contributed by atoms with van der Waals surface area (Å²) in [6, 6.07) is 15.7. The Bertz CT molecular complexity index is 1550. The molecule has 11 heteroatoms. The van der Waals surface area contributed by atoms with E-state index < -0.39 is 45.9 Å². The van der Waals surface area contributed by atoms with E-state index in [0.29, 0.717) is 12.1 Å². The first kappa shape index (κ1) is 37.2. The Morgan fingerprint density at radius 1 is 0.913 bits per heavy atom. The molecule has 1 N–H and O–H groups in total. The Labute approximate surface area is 278 Å². The maximum atomic E-state index is 13.4. The fourth-order valence-electron chi connectivity index (χ4n) is 4.80. The van der Waals surface area contributed by atoms with Crippen LogP contribution < -0.4 is 9.62 Å². The molecule has 1 aromatic carbocycles. The van der Waals surface area contributed by atoms with Crippen molar-refractivity contribution >= 4 is 39.2 Å². The molecule has 0 aliphatic rings. The van der Waals surface area contributed by atoms with Crippen molar-refractivity contribution in [3.05, 3.63) is 76.8 Å². The lowest BCUT2D eigenvalue weighted by Crippen LogP contribution is -2.42. The minimum atomic E-state index is -3.89. The van der Waals surface area contributed by atoms with Crippen LogP contribution in [0.15, 0.2) is 64.2 Å². The van der Waals surface area contributed by atoms with Gasteiger partial charge in [-0.05, 0) is 94.5 Å². The van der Waals surface area contributed by atoms with Gasteiger partial charge in [-0.15, -0.1) is 11.3 Å². The first-order valence-corrected chi connectivity index (χ1v) is 18.0. The van der Waals surface area contributed by atoms with E-state index in [0.717, 1.165) is 41.1 Å². The number of amides is 1. The lowest BCUT2D eigenvalue weighted by molar-refractivity contribution is -0.153. The standard InChI is InChI=1S/C35H49N3O6S2/c1-10-11-21-35(8,9)26-19-17-25(18-20-26)23-28(37-46(41,42)31-16-13-22-45-31)27-14-12-15-29(36-27)38(32(40)44-34(5,6)7)24-30(39)43-33(2,3)4/h12-20,22,28,37H,10-11,21,23-24H2,1-9H3. The third-order valence-corrected chi connectivity index (χ3v) is 9.97. The summed E-state index contributed by atoms with van der Waals surface area (Å²) >= 11 is 1.12. The Balaban J connectivity index is 2.02. The van der Waals surface area contributed by atoms with E-state index in [-0.39, 0.29) is 15.4 Å². The average molecular weight is 672 g/mol. The van der Waals surface area contributed by atoms with Crippen LogP contribution in [0, 0.1) is 0 Å².